The van der Waals surface area contributed by atoms with E-state index in [0.717, 1.165) is 21.8 Å². The maximum atomic E-state index is 13.0. The van der Waals surface area contributed by atoms with Crippen LogP contribution in [0.4, 0.5) is 11.4 Å². The molecule has 1 aliphatic heterocycles. The van der Waals surface area contributed by atoms with Gasteiger partial charge in [0.15, 0.2) is 6.61 Å². The Morgan fingerprint density at radius 3 is 2.60 bits per heavy atom. The highest BCUT2D eigenvalue weighted by atomic mass is 32.1. The van der Waals surface area contributed by atoms with Crippen molar-refractivity contribution in [3.05, 3.63) is 78.2 Å². The summed E-state index contributed by atoms with van der Waals surface area (Å²) >= 11 is 1.56. The molecule has 7 nitrogen and oxygen atoms in total. The SMILES string of the molecule is COc1ccc(NC(=O)C(C)N2C(=O)COc3ccc(-c4csc(-c5ccccc5)n4)cc32)cc1. The molecule has 0 saturated heterocycles. The number of methoxy groups -OCH3 is 1. The van der Waals surface area contributed by atoms with E-state index in [2.05, 4.69) is 5.32 Å². The van der Waals surface area contributed by atoms with Crippen LogP contribution in [0.15, 0.2) is 78.2 Å². The quantitative estimate of drug-likeness (QED) is 0.404. The Bertz CT molecular complexity index is 1370. The lowest BCUT2D eigenvalue weighted by Crippen LogP contribution is -2.49. The first kappa shape index (κ1) is 22.6. The summed E-state index contributed by atoms with van der Waals surface area (Å²) in [6.45, 7) is 1.58. The molecular weight excluding hydrogens is 462 g/mol. The molecule has 3 aromatic carbocycles. The highest BCUT2D eigenvalue weighted by Gasteiger charge is 2.33. The number of hydrogen-bond donors (Lipinski definition) is 1. The van der Waals surface area contributed by atoms with Crippen LogP contribution in [0.25, 0.3) is 21.8 Å². The molecule has 5 rings (SSSR count). The average Bonchev–Trinajstić information content (AvgIpc) is 3.39. The predicted octanol–water partition coefficient (Wildman–Crippen LogP) is 5.24. The van der Waals surface area contributed by atoms with Gasteiger partial charge in [0.25, 0.3) is 5.91 Å². The molecule has 0 fully saturated rings. The van der Waals surface area contributed by atoms with Gasteiger partial charge in [-0.05, 0) is 49.4 Å². The van der Waals surface area contributed by atoms with E-state index in [1.165, 1.54) is 4.90 Å². The molecule has 0 bridgehead atoms. The second kappa shape index (κ2) is 9.60. The monoisotopic (exact) mass is 485 g/mol. The van der Waals surface area contributed by atoms with Crippen LogP contribution in [0.3, 0.4) is 0 Å². The van der Waals surface area contributed by atoms with Gasteiger partial charge in [-0.25, -0.2) is 4.98 Å². The van der Waals surface area contributed by atoms with E-state index in [1.54, 1.807) is 49.6 Å². The first-order chi connectivity index (χ1) is 17.0. The van der Waals surface area contributed by atoms with Crippen molar-refractivity contribution in [1.82, 2.24) is 4.98 Å². The van der Waals surface area contributed by atoms with Gasteiger partial charge in [0.1, 0.15) is 22.5 Å². The fraction of sp³-hybridized carbons (Fsp3) is 0.148. The molecule has 2 amide bonds. The molecule has 2 heterocycles. The van der Waals surface area contributed by atoms with E-state index < -0.39 is 6.04 Å². The summed E-state index contributed by atoms with van der Waals surface area (Å²) in [6, 6.07) is 21.8. The number of benzene rings is 3. The van der Waals surface area contributed by atoms with Crippen molar-refractivity contribution < 1.29 is 19.1 Å². The Morgan fingerprint density at radius 2 is 1.86 bits per heavy atom. The van der Waals surface area contributed by atoms with E-state index >= 15 is 0 Å². The third kappa shape index (κ3) is 4.61. The minimum atomic E-state index is -0.752. The van der Waals surface area contributed by atoms with Crippen molar-refractivity contribution >= 4 is 34.5 Å². The fourth-order valence-corrected chi connectivity index (χ4v) is 4.75. The number of amides is 2. The van der Waals surface area contributed by atoms with Crippen molar-refractivity contribution in [2.75, 3.05) is 23.9 Å². The minimum absolute atomic E-state index is 0.124. The molecule has 176 valence electrons. The number of aromatic nitrogens is 1. The Kier molecular flexibility index (Phi) is 6.20. The van der Waals surface area contributed by atoms with E-state index in [-0.39, 0.29) is 18.4 Å². The maximum absolute atomic E-state index is 13.0. The highest BCUT2D eigenvalue weighted by Crippen LogP contribution is 2.38. The predicted molar refractivity (Wildman–Crippen MR) is 137 cm³/mol. The Morgan fingerprint density at radius 1 is 1.09 bits per heavy atom. The average molecular weight is 486 g/mol. The van der Waals surface area contributed by atoms with Crippen molar-refractivity contribution in [3.8, 4) is 33.3 Å². The van der Waals surface area contributed by atoms with Crippen LogP contribution in [0.1, 0.15) is 6.92 Å². The summed E-state index contributed by atoms with van der Waals surface area (Å²) in [5.74, 6) is 0.659. The summed E-state index contributed by atoms with van der Waals surface area (Å²) in [5.41, 5.74) is 3.85. The molecule has 1 aromatic heterocycles. The van der Waals surface area contributed by atoms with Crippen molar-refractivity contribution in [2.45, 2.75) is 13.0 Å². The van der Waals surface area contributed by atoms with Crippen LogP contribution in [0.5, 0.6) is 11.5 Å². The second-order valence-electron chi connectivity index (χ2n) is 8.03. The first-order valence-corrected chi connectivity index (χ1v) is 12.0. The zero-order valence-corrected chi connectivity index (χ0v) is 20.0. The number of ether oxygens (including phenoxy) is 2. The number of hydrogen-bond acceptors (Lipinski definition) is 6. The zero-order chi connectivity index (χ0) is 24.4. The van der Waals surface area contributed by atoms with E-state index in [4.69, 9.17) is 14.5 Å². The fourth-order valence-electron chi connectivity index (χ4n) is 3.91. The summed E-state index contributed by atoms with van der Waals surface area (Å²) in [4.78, 5) is 32.2. The van der Waals surface area contributed by atoms with Gasteiger partial charge < -0.3 is 14.8 Å². The normalized spacial score (nSPS) is 13.5. The number of nitrogens with one attached hydrogen (secondary N) is 1. The first-order valence-electron chi connectivity index (χ1n) is 11.1. The highest BCUT2D eigenvalue weighted by molar-refractivity contribution is 7.13. The number of anilines is 2. The van der Waals surface area contributed by atoms with Gasteiger partial charge in [0.05, 0.1) is 18.5 Å². The zero-order valence-electron chi connectivity index (χ0n) is 19.2. The van der Waals surface area contributed by atoms with Crippen LogP contribution < -0.4 is 19.7 Å². The van der Waals surface area contributed by atoms with Crippen LogP contribution in [-0.4, -0.2) is 36.6 Å². The Hall–Kier alpha value is -4.17. The summed E-state index contributed by atoms with van der Waals surface area (Å²) < 4.78 is 10.8. The topological polar surface area (TPSA) is 80.8 Å². The largest absolute Gasteiger partial charge is 0.497 e. The number of carbonyl (C=O) groups is 2. The molecule has 4 aromatic rings. The maximum Gasteiger partial charge on any atom is 0.265 e. The lowest BCUT2D eigenvalue weighted by molar-refractivity contribution is -0.125. The molecular formula is C27H23N3O4S. The van der Waals surface area contributed by atoms with Gasteiger partial charge in [0.2, 0.25) is 5.91 Å². The number of fused-ring (bicyclic) bond motifs is 1. The molecule has 35 heavy (non-hydrogen) atoms. The summed E-state index contributed by atoms with van der Waals surface area (Å²) in [7, 11) is 1.58. The number of rotatable bonds is 6. The summed E-state index contributed by atoms with van der Waals surface area (Å²) in [6.07, 6.45) is 0. The molecule has 1 aliphatic rings. The van der Waals surface area contributed by atoms with Crippen LogP contribution in [0, 0.1) is 0 Å². The standard InChI is InChI=1S/C27H23N3O4S/c1-17(26(32)28-20-9-11-21(33-2)12-10-20)30-23-14-19(8-13-24(23)34-15-25(30)31)22-16-35-27(29-22)18-6-4-3-5-7-18/h3-14,16-17H,15H2,1-2H3,(H,28,32). The van der Waals surface area contributed by atoms with Gasteiger partial charge in [-0.2, -0.15) is 0 Å². The van der Waals surface area contributed by atoms with Crippen LogP contribution >= 0.6 is 11.3 Å². The van der Waals surface area contributed by atoms with E-state index in [9.17, 15) is 9.59 Å². The minimum Gasteiger partial charge on any atom is -0.497 e. The lowest BCUT2D eigenvalue weighted by atomic mass is 10.1. The third-order valence-corrected chi connectivity index (χ3v) is 6.67. The summed E-state index contributed by atoms with van der Waals surface area (Å²) in [5, 5.41) is 5.77. The molecule has 8 heteroatoms. The number of carbonyl (C=O) groups excluding carboxylic acids is 2. The Labute approximate surface area is 207 Å². The number of nitrogens with zero attached hydrogens (tertiary/aromatic N) is 2. The lowest BCUT2D eigenvalue weighted by Gasteiger charge is -2.33. The van der Waals surface area contributed by atoms with Gasteiger partial charge in [0, 0.05) is 22.2 Å². The van der Waals surface area contributed by atoms with E-state index in [0.29, 0.717) is 22.9 Å². The smallest absolute Gasteiger partial charge is 0.265 e. The molecule has 1 N–H and O–H groups in total. The molecule has 1 atom stereocenters. The molecule has 1 unspecified atom stereocenters. The Balaban J connectivity index is 1.42. The van der Waals surface area contributed by atoms with Gasteiger partial charge >= 0.3 is 0 Å². The van der Waals surface area contributed by atoms with Crippen LogP contribution in [0.2, 0.25) is 0 Å². The van der Waals surface area contributed by atoms with E-state index in [1.807, 2.05) is 53.9 Å². The third-order valence-electron chi connectivity index (χ3n) is 5.78. The van der Waals surface area contributed by atoms with Crippen molar-refractivity contribution in [3.63, 3.8) is 0 Å². The molecule has 0 saturated carbocycles. The van der Waals surface area contributed by atoms with Gasteiger partial charge in [-0.15, -0.1) is 11.3 Å². The van der Waals surface area contributed by atoms with Crippen LogP contribution in [-0.2, 0) is 9.59 Å². The molecule has 0 radical (unpaired) electrons. The van der Waals surface area contributed by atoms with Crippen molar-refractivity contribution in [2.24, 2.45) is 0 Å². The van der Waals surface area contributed by atoms with Gasteiger partial charge in [-0.3, -0.25) is 14.5 Å². The van der Waals surface area contributed by atoms with Gasteiger partial charge in [-0.1, -0.05) is 30.3 Å². The molecule has 0 aliphatic carbocycles. The molecule has 0 spiro atoms. The number of thiazole rings is 1. The van der Waals surface area contributed by atoms with Crippen molar-refractivity contribution in [1.29, 1.82) is 0 Å². The second-order valence-corrected chi connectivity index (χ2v) is 8.89.